The summed E-state index contributed by atoms with van der Waals surface area (Å²) in [7, 11) is 0. The fourth-order valence-electron chi connectivity index (χ4n) is 2.59. The van der Waals surface area contributed by atoms with Gasteiger partial charge in [0.1, 0.15) is 11.3 Å². The highest BCUT2D eigenvalue weighted by Gasteiger charge is 2.18. The van der Waals surface area contributed by atoms with Crippen molar-refractivity contribution in [3.8, 4) is 5.75 Å². The zero-order valence-electron chi connectivity index (χ0n) is 15.3. The van der Waals surface area contributed by atoms with E-state index in [0.29, 0.717) is 28.9 Å². The van der Waals surface area contributed by atoms with E-state index in [1.54, 1.807) is 32.9 Å². The second-order valence-corrected chi connectivity index (χ2v) is 6.25. The van der Waals surface area contributed by atoms with Crippen LogP contribution in [-0.2, 0) is 9.59 Å². The first-order valence-electron chi connectivity index (χ1n) is 8.42. The van der Waals surface area contributed by atoms with Crippen LogP contribution in [0.1, 0.15) is 36.5 Å². The van der Waals surface area contributed by atoms with Crippen molar-refractivity contribution in [2.75, 3.05) is 6.54 Å². The van der Waals surface area contributed by atoms with Gasteiger partial charge in [-0.3, -0.25) is 9.59 Å². The molecule has 1 atom stereocenters. The molecule has 0 aliphatic rings. The van der Waals surface area contributed by atoms with Crippen LogP contribution in [0.4, 0.5) is 0 Å². The molecular formula is C19H23NO6. The van der Waals surface area contributed by atoms with Crippen LogP contribution in [0.25, 0.3) is 11.0 Å². The van der Waals surface area contributed by atoms with E-state index in [2.05, 4.69) is 5.32 Å². The topological polar surface area (TPSA) is 106 Å². The maximum Gasteiger partial charge on any atom is 0.339 e. The maximum atomic E-state index is 12.1. The summed E-state index contributed by atoms with van der Waals surface area (Å²) in [6.07, 6.45) is -0.418. The van der Waals surface area contributed by atoms with Crippen molar-refractivity contribution in [3.63, 3.8) is 0 Å². The molecule has 26 heavy (non-hydrogen) atoms. The van der Waals surface area contributed by atoms with Gasteiger partial charge in [0.25, 0.3) is 5.91 Å². The van der Waals surface area contributed by atoms with Gasteiger partial charge < -0.3 is 19.6 Å². The Bertz CT molecular complexity index is 899. The Balaban J connectivity index is 2.14. The lowest BCUT2D eigenvalue weighted by Crippen LogP contribution is -2.37. The van der Waals surface area contributed by atoms with Gasteiger partial charge in [0.2, 0.25) is 0 Å². The van der Waals surface area contributed by atoms with Gasteiger partial charge in [0.15, 0.2) is 6.10 Å². The minimum atomic E-state index is -0.901. The first kappa shape index (κ1) is 19.5. The van der Waals surface area contributed by atoms with Gasteiger partial charge in [-0.15, -0.1) is 0 Å². The lowest BCUT2D eigenvalue weighted by Gasteiger charge is -2.17. The second kappa shape index (κ2) is 8.03. The molecular weight excluding hydrogens is 338 g/mol. The summed E-state index contributed by atoms with van der Waals surface area (Å²) in [5.74, 6) is -0.782. The number of ether oxygens (including phenoxy) is 1. The quantitative estimate of drug-likeness (QED) is 0.580. The van der Waals surface area contributed by atoms with Crippen LogP contribution in [-0.4, -0.2) is 29.6 Å². The third-order valence-corrected chi connectivity index (χ3v) is 4.36. The van der Waals surface area contributed by atoms with Crippen molar-refractivity contribution in [2.24, 2.45) is 0 Å². The fourth-order valence-corrected chi connectivity index (χ4v) is 2.59. The second-order valence-electron chi connectivity index (χ2n) is 6.25. The highest BCUT2D eigenvalue weighted by Crippen LogP contribution is 2.29. The molecule has 0 aliphatic heterocycles. The Morgan fingerprint density at radius 3 is 2.54 bits per heavy atom. The van der Waals surface area contributed by atoms with E-state index in [-0.39, 0.29) is 24.5 Å². The average molecular weight is 361 g/mol. The fraction of sp³-hybridized carbons (Fsp3) is 0.421. The largest absolute Gasteiger partial charge is 0.481 e. The molecule has 0 spiro atoms. The molecule has 0 radical (unpaired) electrons. The molecule has 0 unspecified atom stereocenters. The van der Waals surface area contributed by atoms with E-state index in [0.717, 1.165) is 10.9 Å². The molecule has 7 nitrogen and oxygen atoms in total. The van der Waals surface area contributed by atoms with E-state index < -0.39 is 12.1 Å². The number of hydrogen-bond donors (Lipinski definition) is 2. The van der Waals surface area contributed by atoms with Crippen molar-refractivity contribution in [2.45, 2.75) is 46.6 Å². The first-order chi connectivity index (χ1) is 12.2. The van der Waals surface area contributed by atoms with Gasteiger partial charge in [-0.25, -0.2) is 4.79 Å². The number of fused-ring (bicyclic) bond motifs is 1. The summed E-state index contributed by atoms with van der Waals surface area (Å²) in [6.45, 7) is 7.22. The Labute approximate surface area is 151 Å². The molecule has 2 N–H and O–H groups in total. The van der Waals surface area contributed by atoms with E-state index in [1.807, 2.05) is 6.92 Å². The molecule has 0 fully saturated rings. The minimum absolute atomic E-state index is 0.00288. The van der Waals surface area contributed by atoms with Crippen molar-refractivity contribution in [1.29, 1.82) is 0 Å². The number of nitrogens with one attached hydrogen (secondary N) is 1. The Hall–Kier alpha value is -2.83. The van der Waals surface area contributed by atoms with Crippen LogP contribution in [0.2, 0.25) is 0 Å². The molecule has 2 rings (SSSR count). The molecule has 1 aromatic heterocycles. The van der Waals surface area contributed by atoms with Crippen LogP contribution in [0.5, 0.6) is 5.75 Å². The van der Waals surface area contributed by atoms with E-state index in [4.69, 9.17) is 14.3 Å². The molecule has 0 saturated heterocycles. The van der Waals surface area contributed by atoms with Crippen LogP contribution < -0.4 is 15.7 Å². The highest BCUT2D eigenvalue weighted by atomic mass is 16.5. The van der Waals surface area contributed by atoms with Crippen molar-refractivity contribution in [1.82, 2.24) is 5.32 Å². The lowest BCUT2D eigenvalue weighted by atomic mass is 10.0. The Morgan fingerprint density at radius 1 is 1.19 bits per heavy atom. The number of aliphatic carboxylic acids is 1. The van der Waals surface area contributed by atoms with Crippen molar-refractivity contribution < 1.29 is 23.8 Å². The minimum Gasteiger partial charge on any atom is -0.481 e. The maximum absolute atomic E-state index is 12.1. The summed E-state index contributed by atoms with van der Waals surface area (Å²) >= 11 is 0. The number of carbonyl (C=O) groups excluding carboxylic acids is 1. The third kappa shape index (κ3) is 4.22. The molecule has 140 valence electrons. The predicted octanol–water partition coefficient (Wildman–Crippen LogP) is 2.47. The lowest BCUT2D eigenvalue weighted by molar-refractivity contribution is -0.137. The van der Waals surface area contributed by atoms with Gasteiger partial charge in [-0.1, -0.05) is 0 Å². The third-order valence-electron chi connectivity index (χ3n) is 4.36. The molecule has 7 heteroatoms. The molecule has 2 aromatic rings. The summed E-state index contributed by atoms with van der Waals surface area (Å²) in [5, 5.41) is 12.1. The number of carboxylic acids is 1. The molecule has 0 saturated carbocycles. The summed E-state index contributed by atoms with van der Waals surface area (Å²) in [4.78, 5) is 34.5. The highest BCUT2D eigenvalue weighted by molar-refractivity contribution is 5.86. The van der Waals surface area contributed by atoms with E-state index >= 15 is 0 Å². The van der Waals surface area contributed by atoms with E-state index in [1.165, 1.54) is 0 Å². The normalized spacial score (nSPS) is 12.0. The number of benzene rings is 1. The SMILES string of the molecule is Cc1c(C)c2ccc(O[C@@H](C)C(=O)NCCCC(=O)O)c(C)c2oc1=O. The number of carboxylic acid groups (broad SMARTS) is 1. The number of amides is 1. The van der Waals surface area contributed by atoms with Crippen LogP contribution >= 0.6 is 0 Å². The Kier molecular flexibility index (Phi) is 6.02. The molecule has 0 aliphatic carbocycles. The van der Waals surface area contributed by atoms with Gasteiger partial charge in [0, 0.05) is 29.5 Å². The number of aryl methyl sites for hydroxylation is 2. The monoisotopic (exact) mass is 361 g/mol. The van der Waals surface area contributed by atoms with Crippen LogP contribution in [0.15, 0.2) is 21.3 Å². The zero-order valence-corrected chi connectivity index (χ0v) is 15.3. The number of carbonyl (C=O) groups is 2. The summed E-state index contributed by atoms with van der Waals surface area (Å²) in [5.41, 5.74) is 2.13. The zero-order chi connectivity index (χ0) is 19.4. The van der Waals surface area contributed by atoms with Crippen LogP contribution in [0, 0.1) is 20.8 Å². The first-order valence-corrected chi connectivity index (χ1v) is 8.42. The molecule has 1 amide bonds. The molecule has 0 bridgehead atoms. The predicted molar refractivity (Wildman–Crippen MR) is 96.7 cm³/mol. The van der Waals surface area contributed by atoms with Gasteiger partial charge >= 0.3 is 11.6 Å². The number of rotatable bonds is 7. The van der Waals surface area contributed by atoms with E-state index in [9.17, 15) is 14.4 Å². The van der Waals surface area contributed by atoms with Gasteiger partial charge in [-0.05, 0) is 51.8 Å². The molecule has 1 aromatic carbocycles. The average Bonchev–Trinajstić information content (AvgIpc) is 2.59. The number of hydrogen-bond acceptors (Lipinski definition) is 5. The van der Waals surface area contributed by atoms with Gasteiger partial charge in [-0.2, -0.15) is 0 Å². The summed E-state index contributed by atoms with van der Waals surface area (Å²) < 4.78 is 11.1. The standard InChI is InChI=1S/C19H23NO6/c1-10-11(2)19(24)26-17-12(3)15(8-7-14(10)17)25-13(4)18(23)20-9-5-6-16(21)22/h7-8,13H,5-6,9H2,1-4H3,(H,20,23)(H,21,22)/t13-/m0/s1. The van der Waals surface area contributed by atoms with Crippen molar-refractivity contribution in [3.05, 3.63) is 39.2 Å². The smallest absolute Gasteiger partial charge is 0.339 e. The summed E-state index contributed by atoms with van der Waals surface area (Å²) in [6, 6.07) is 3.55. The van der Waals surface area contributed by atoms with Gasteiger partial charge in [0.05, 0.1) is 0 Å². The van der Waals surface area contributed by atoms with Crippen molar-refractivity contribution >= 4 is 22.8 Å². The molecule has 1 heterocycles. The van der Waals surface area contributed by atoms with Crippen LogP contribution in [0.3, 0.4) is 0 Å². The Morgan fingerprint density at radius 2 is 1.88 bits per heavy atom.